The molecule has 25 heavy (non-hydrogen) atoms. The van der Waals surface area contributed by atoms with Crippen molar-refractivity contribution in [3.8, 4) is 11.8 Å². The molecule has 0 atom stereocenters. The van der Waals surface area contributed by atoms with Crippen molar-refractivity contribution in [2.45, 2.75) is 0 Å². The van der Waals surface area contributed by atoms with Gasteiger partial charge in [0.1, 0.15) is 10.7 Å². The SMILES string of the molecule is CNC(=O)/C(C#N)=c1\s/c(=C/c2cccs2)c(=O)n1-c1ccccc1. The summed E-state index contributed by atoms with van der Waals surface area (Å²) in [7, 11) is 1.46. The van der Waals surface area contributed by atoms with Crippen LogP contribution in [0.5, 0.6) is 0 Å². The molecule has 0 aliphatic heterocycles. The molecular weight excluding hydrogens is 354 g/mol. The van der Waals surface area contributed by atoms with E-state index in [1.54, 1.807) is 30.3 Å². The van der Waals surface area contributed by atoms with Gasteiger partial charge in [-0.25, -0.2) is 0 Å². The number of para-hydroxylation sites is 1. The Bertz CT molecular complexity index is 1120. The van der Waals surface area contributed by atoms with E-state index >= 15 is 0 Å². The molecule has 0 spiro atoms. The molecule has 0 bridgehead atoms. The molecule has 1 amide bonds. The maximum atomic E-state index is 12.9. The average molecular weight is 367 g/mol. The van der Waals surface area contributed by atoms with E-state index in [-0.39, 0.29) is 11.1 Å². The molecule has 0 saturated carbocycles. The molecule has 0 aliphatic rings. The van der Waals surface area contributed by atoms with Gasteiger partial charge in [-0.05, 0) is 29.7 Å². The first kappa shape index (κ1) is 16.9. The molecule has 3 rings (SSSR count). The number of carbonyl (C=O) groups excluding carboxylic acids is 1. The summed E-state index contributed by atoms with van der Waals surface area (Å²) >= 11 is 2.65. The maximum absolute atomic E-state index is 12.9. The predicted octanol–water partition coefficient (Wildman–Crippen LogP) is 1.21. The molecule has 1 N–H and O–H groups in total. The smallest absolute Gasteiger partial charge is 0.273 e. The van der Waals surface area contributed by atoms with Crippen molar-refractivity contribution in [2.24, 2.45) is 0 Å². The van der Waals surface area contributed by atoms with Gasteiger partial charge in [0.2, 0.25) is 0 Å². The summed E-state index contributed by atoms with van der Waals surface area (Å²) in [4.78, 5) is 26.0. The van der Waals surface area contributed by atoms with Crippen molar-refractivity contribution in [3.63, 3.8) is 0 Å². The minimum Gasteiger partial charge on any atom is -0.354 e. The lowest BCUT2D eigenvalue weighted by molar-refractivity contribution is -0.115. The highest BCUT2D eigenvalue weighted by molar-refractivity contribution is 7.11. The van der Waals surface area contributed by atoms with E-state index in [0.717, 1.165) is 16.2 Å². The first-order valence-electron chi connectivity index (χ1n) is 7.34. The third-order valence-corrected chi connectivity index (χ3v) is 5.35. The fourth-order valence-electron chi connectivity index (χ4n) is 2.28. The van der Waals surface area contributed by atoms with Crippen LogP contribution in [-0.4, -0.2) is 17.5 Å². The van der Waals surface area contributed by atoms with E-state index in [1.807, 2.05) is 29.6 Å². The van der Waals surface area contributed by atoms with Crippen molar-refractivity contribution in [1.82, 2.24) is 9.88 Å². The Balaban J connectivity index is 2.43. The van der Waals surface area contributed by atoms with Crippen LogP contribution < -0.4 is 20.1 Å². The van der Waals surface area contributed by atoms with E-state index in [1.165, 1.54) is 23.0 Å². The standard InChI is InChI=1S/C18H13N3O2S2/c1-20-16(22)14(11-19)18-21(12-6-3-2-4-7-12)17(23)15(25-18)10-13-8-5-9-24-13/h2-10H,1H3,(H,20,22)/b15-10+,18-14-. The van der Waals surface area contributed by atoms with Crippen LogP contribution in [0.1, 0.15) is 4.88 Å². The quantitative estimate of drug-likeness (QED) is 0.756. The number of thiazole rings is 1. The van der Waals surface area contributed by atoms with Gasteiger partial charge in [-0.3, -0.25) is 14.2 Å². The maximum Gasteiger partial charge on any atom is 0.273 e. The van der Waals surface area contributed by atoms with Crippen molar-refractivity contribution in [1.29, 1.82) is 5.26 Å². The number of carbonyl (C=O) groups is 1. The second-order valence-corrected chi connectivity index (χ2v) is 6.98. The highest BCUT2D eigenvalue weighted by Gasteiger charge is 2.15. The monoisotopic (exact) mass is 367 g/mol. The number of hydrogen-bond acceptors (Lipinski definition) is 5. The second-order valence-electron chi connectivity index (χ2n) is 4.97. The number of nitriles is 1. The number of nitrogens with zero attached hydrogens (tertiary/aromatic N) is 2. The van der Waals surface area contributed by atoms with E-state index in [2.05, 4.69) is 5.32 Å². The lowest BCUT2D eigenvalue weighted by Gasteiger charge is -2.02. The van der Waals surface area contributed by atoms with Crippen LogP contribution in [0.2, 0.25) is 0 Å². The fraction of sp³-hybridized carbons (Fsp3) is 0.0556. The Kier molecular flexibility index (Phi) is 4.93. The van der Waals surface area contributed by atoms with Crippen LogP contribution in [0.15, 0.2) is 52.6 Å². The summed E-state index contributed by atoms with van der Waals surface area (Å²) in [6, 6.07) is 14.7. The van der Waals surface area contributed by atoms with E-state index < -0.39 is 5.91 Å². The summed E-state index contributed by atoms with van der Waals surface area (Å²) in [5.41, 5.74) is 0.275. The average Bonchev–Trinajstić information content (AvgIpc) is 3.25. The number of rotatable bonds is 3. The Hall–Kier alpha value is -2.95. The lowest BCUT2D eigenvalue weighted by atomic mass is 10.3. The molecule has 0 saturated heterocycles. The number of nitrogens with one attached hydrogen (secondary N) is 1. The Labute approximate surface area is 151 Å². The zero-order chi connectivity index (χ0) is 17.8. The molecule has 5 nitrogen and oxygen atoms in total. The number of hydrogen-bond donors (Lipinski definition) is 1. The highest BCUT2D eigenvalue weighted by Crippen LogP contribution is 2.09. The van der Waals surface area contributed by atoms with Crippen LogP contribution in [-0.2, 0) is 4.79 Å². The summed E-state index contributed by atoms with van der Waals surface area (Å²) < 4.78 is 2.21. The van der Waals surface area contributed by atoms with Gasteiger partial charge in [-0.1, -0.05) is 24.3 Å². The third kappa shape index (κ3) is 3.31. The number of aromatic nitrogens is 1. The second kappa shape index (κ2) is 7.30. The van der Waals surface area contributed by atoms with E-state index in [9.17, 15) is 14.9 Å². The molecule has 0 unspecified atom stereocenters. The van der Waals surface area contributed by atoms with Gasteiger partial charge in [-0.15, -0.1) is 22.7 Å². The topological polar surface area (TPSA) is 74.9 Å². The molecule has 2 heterocycles. The highest BCUT2D eigenvalue weighted by atomic mass is 32.1. The molecule has 0 aliphatic carbocycles. The van der Waals surface area contributed by atoms with E-state index in [0.29, 0.717) is 14.9 Å². The third-order valence-electron chi connectivity index (χ3n) is 3.43. The minimum absolute atomic E-state index is 0.0840. The molecule has 124 valence electrons. The van der Waals surface area contributed by atoms with Gasteiger partial charge >= 0.3 is 0 Å². The molecule has 2 aromatic heterocycles. The van der Waals surface area contributed by atoms with Gasteiger partial charge in [-0.2, -0.15) is 5.26 Å². The summed E-state index contributed by atoms with van der Waals surface area (Å²) in [6.45, 7) is 0. The Morgan fingerprint density at radius 3 is 2.60 bits per heavy atom. The largest absolute Gasteiger partial charge is 0.354 e. The number of thiophene rings is 1. The fourth-order valence-corrected chi connectivity index (χ4v) is 4.11. The van der Waals surface area contributed by atoms with Crippen molar-refractivity contribution < 1.29 is 4.79 Å². The van der Waals surface area contributed by atoms with E-state index in [4.69, 9.17) is 0 Å². The molecule has 0 radical (unpaired) electrons. The van der Waals surface area contributed by atoms with Crippen LogP contribution in [0.4, 0.5) is 0 Å². The van der Waals surface area contributed by atoms with Crippen LogP contribution in [0, 0.1) is 11.3 Å². The summed E-state index contributed by atoms with van der Waals surface area (Å²) in [6.07, 6.45) is 1.78. The normalized spacial score (nSPS) is 12.6. The van der Waals surface area contributed by atoms with Crippen molar-refractivity contribution in [3.05, 3.63) is 72.3 Å². The number of amides is 1. The first-order chi connectivity index (χ1) is 12.2. The predicted molar refractivity (Wildman–Crippen MR) is 100 cm³/mol. The summed E-state index contributed by atoms with van der Waals surface area (Å²) in [5.74, 6) is -0.517. The zero-order valence-electron chi connectivity index (χ0n) is 13.2. The van der Waals surface area contributed by atoms with Crippen LogP contribution in [0.3, 0.4) is 0 Å². The van der Waals surface area contributed by atoms with Gasteiger partial charge in [0, 0.05) is 11.9 Å². The minimum atomic E-state index is -0.517. The van der Waals surface area contributed by atoms with Gasteiger partial charge in [0.25, 0.3) is 11.5 Å². The Morgan fingerprint density at radius 1 is 1.24 bits per heavy atom. The lowest BCUT2D eigenvalue weighted by Crippen LogP contribution is -2.33. The van der Waals surface area contributed by atoms with Crippen LogP contribution >= 0.6 is 22.7 Å². The molecule has 3 aromatic rings. The van der Waals surface area contributed by atoms with Crippen molar-refractivity contribution in [2.75, 3.05) is 7.05 Å². The van der Waals surface area contributed by atoms with Gasteiger partial charge in [0.15, 0.2) is 5.57 Å². The molecular formula is C18H13N3O2S2. The number of benzene rings is 1. The Morgan fingerprint density at radius 2 is 2.00 bits per heavy atom. The molecule has 1 aromatic carbocycles. The van der Waals surface area contributed by atoms with Gasteiger partial charge in [0.05, 0.1) is 10.2 Å². The first-order valence-corrected chi connectivity index (χ1v) is 9.04. The summed E-state index contributed by atoms with van der Waals surface area (Å²) in [5, 5.41) is 13.8. The molecule has 0 fully saturated rings. The van der Waals surface area contributed by atoms with Gasteiger partial charge < -0.3 is 5.32 Å². The molecule has 7 heteroatoms. The van der Waals surface area contributed by atoms with Crippen LogP contribution in [0.25, 0.3) is 17.3 Å². The zero-order valence-corrected chi connectivity index (χ0v) is 14.9. The van der Waals surface area contributed by atoms with Crippen molar-refractivity contribution >= 4 is 40.2 Å².